The van der Waals surface area contributed by atoms with Gasteiger partial charge in [-0.15, -0.1) is 0 Å². The fourth-order valence-corrected chi connectivity index (χ4v) is 2.45. The minimum absolute atomic E-state index is 0.103. The zero-order valence-corrected chi connectivity index (χ0v) is 13.1. The Bertz CT molecular complexity index is 661. The quantitative estimate of drug-likeness (QED) is 0.842. The molecule has 0 radical (unpaired) electrons. The third-order valence-electron chi connectivity index (χ3n) is 2.75. The first-order valence-corrected chi connectivity index (χ1v) is 7.02. The minimum atomic E-state index is -0.103. The van der Waals surface area contributed by atoms with E-state index in [9.17, 15) is 4.79 Å². The van der Waals surface area contributed by atoms with Crippen LogP contribution in [0.25, 0.3) is 11.0 Å². The lowest BCUT2D eigenvalue weighted by Gasteiger charge is -2.12. The van der Waals surface area contributed by atoms with Gasteiger partial charge in [0.2, 0.25) is 0 Å². The van der Waals surface area contributed by atoms with Crippen molar-refractivity contribution in [3.05, 3.63) is 27.4 Å². The van der Waals surface area contributed by atoms with E-state index in [1.165, 1.54) is 4.90 Å². The summed E-state index contributed by atoms with van der Waals surface area (Å²) in [5.41, 5.74) is 2.02. The molecule has 1 aromatic carbocycles. The Morgan fingerprint density at radius 2 is 2.26 bits per heavy atom. The molecule has 1 aromatic heterocycles. The van der Waals surface area contributed by atoms with E-state index in [4.69, 9.17) is 12.2 Å². The van der Waals surface area contributed by atoms with E-state index in [0.29, 0.717) is 17.9 Å². The lowest BCUT2D eigenvalue weighted by Crippen LogP contribution is -2.36. The molecule has 2 N–H and O–H groups in total. The minimum Gasteiger partial charge on any atom is -0.336 e. The predicted octanol–water partition coefficient (Wildman–Crippen LogP) is 2.73. The predicted molar refractivity (Wildman–Crippen MR) is 81.9 cm³/mol. The van der Waals surface area contributed by atoms with E-state index >= 15 is 0 Å². The first kappa shape index (κ1) is 14.1. The van der Waals surface area contributed by atoms with Crippen LogP contribution in [0.3, 0.4) is 0 Å². The summed E-state index contributed by atoms with van der Waals surface area (Å²) in [6, 6.07) is 5.86. The second-order valence-corrected chi connectivity index (χ2v) is 5.67. The van der Waals surface area contributed by atoms with Crippen molar-refractivity contribution in [1.82, 2.24) is 19.8 Å². The van der Waals surface area contributed by atoms with Crippen molar-refractivity contribution < 1.29 is 4.79 Å². The highest BCUT2D eigenvalue weighted by molar-refractivity contribution is 9.10. The lowest BCUT2D eigenvalue weighted by atomic mass is 10.3. The molecule has 0 aliphatic carbocycles. The zero-order chi connectivity index (χ0) is 14.0. The largest absolute Gasteiger partial charge is 0.336 e. The van der Waals surface area contributed by atoms with Crippen molar-refractivity contribution in [1.29, 1.82) is 0 Å². The molecule has 7 heteroatoms. The van der Waals surface area contributed by atoms with Crippen molar-refractivity contribution in [3.63, 3.8) is 0 Å². The van der Waals surface area contributed by atoms with Gasteiger partial charge in [0.1, 0.15) is 0 Å². The summed E-state index contributed by atoms with van der Waals surface area (Å²) in [4.78, 5) is 16.1. The molecule has 0 saturated heterocycles. The Morgan fingerprint density at radius 1 is 1.53 bits per heavy atom. The molecule has 0 unspecified atom stereocenters. The summed E-state index contributed by atoms with van der Waals surface area (Å²) in [5, 5.41) is 2.82. The Labute approximate surface area is 124 Å². The third-order valence-corrected chi connectivity index (χ3v) is 3.57. The zero-order valence-electron chi connectivity index (χ0n) is 10.7. The van der Waals surface area contributed by atoms with Gasteiger partial charge < -0.3 is 19.8 Å². The first-order chi connectivity index (χ1) is 8.99. The van der Waals surface area contributed by atoms with Gasteiger partial charge in [-0.1, -0.05) is 15.9 Å². The molecule has 0 aliphatic heterocycles. The number of benzene rings is 1. The number of nitrogens with one attached hydrogen (secondary N) is 2. The summed E-state index contributed by atoms with van der Waals surface area (Å²) in [7, 11) is 3.43. The van der Waals surface area contributed by atoms with E-state index in [1.807, 2.05) is 22.8 Å². The van der Waals surface area contributed by atoms with Gasteiger partial charge in [-0.3, -0.25) is 0 Å². The highest BCUT2D eigenvalue weighted by Gasteiger charge is 2.06. The SMILES string of the molecule is CN(C)C(=O)NCCn1c(=S)[nH]c2cc(Br)ccc21. The Kier molecular flexibility index (Phi) is 4.26. The number of amides is 2. The summed E-state index contributed by atoms with van der Waals surface area (Å²) in [6.45, 7) is 1.17. The average Bonchev–Trinajstić information content (AvgIpc) is 2.64. The Balaban J connectivity index is 2.15. The maximum absolute atomic E-state index is 11.4. The monoisotopic (exact) mass is 342 g/mol. The Hall–Kier alpha value is -1.34. The molecule has 0 saturated carbocycles. The topological polar surface area (TPSA) is 53.1 Å². The number of carbonyl (C=O) groups excluding carboxylic acids is 1. The van der Waals surface area contributed by atoms with E-state index < -0.39 is 0 Å². The van der Waals surface area contributed by atoms with Gasteiger partial charge in [0.25, 0.3) is 0 Å². The smallest absolute Gasteiger partial charge is 0.316 e. The second-order valence-electron chi connectivity index (χ2n) is 4.37. The number of imidazole rings is 1. The van der Waals surface area contributed by atoms with E-state index in [0.717, 1.165) is 15.5 Å². The Morgan fingerprint density at radius 3 is 2.95 bits per heavy atom. The first-order valence-electron chi connectivity index (χ1n) is 5.82. The molecule has 0 spiro atoms. The molecule has 2 aromatic rings. The molecule has 0 fully saturated rings. The normalized spacial score (nSPS) is 10.7. The highest BCUT2D eigenvalue weighted by Crippen LogP contribution is 2.19. The number of carbonyl (C=O) groups is 1. The molecule has 102 valence electrons. The molecule has 0 atom stereocenters. The van der Waals surface area contributed by atoms with Crippen molar-refractivity contribution in [2.75, 3.05) is 20.6 Å². The lowest BCUT2D eigenvalue weighted by molar-refractivity contribution is 0.217. The molecule has 2 amide bonds. The van der Waals surface area contributed by atoms with Gasteiger partial charge in [-0.25, -0.2) is 4.79 Å². The number of aromatic amines is 1. The fraction of sp³-hybridized carbons (Fsp3) is 0.333. The summed E-state index contributed by atoms with van der Waals surface area (Å²) in [6.07, 6.45) is 0. The molecule has 19 heavy (non-hydrogen) atoms. The molecule has 5 nitrogen and oxygen atoms in total. The fourth-order valence-electron chi connectivity index (χ4n) is 1.79. The summed E-state index contributed by atoms with van der Waals surface area (Å²) >= 11 is 8.72. The van der Waals surface area contributed by atoms with Gasteiger partial charge in [-0.2, -0.15) is 0 Å². The van der Waals surface area contributed by atoms with Crippen LogP contribution < -0.4 is 5.32 Å². The van der Waals surface area contributed by atoms with Crippen LogP contribution in [0.15, 0.2) is 22.7 Å². The standard InChI is InChI=1S/C12H15BrN4OS/c1-16(2)11(18)14-5-6-17-10-4-3-8(13)7-9(10)15-12(17)19/h3-4,7H,5-6H2,1-2H3,(H,14,18)(H,15,19). The van der Waals surface area contributed by atoms with Crippen LogP contribution in [0.5, 0.6) is 0 Å². The van der Waals surface area contributed by atoms with Crippen LogP contribution >= 0.6 is 28.1 Å². The van der Waals surface area contributed by atoms with E-state index in [1.54, 1.807) is 14.1 Å². The third kappa shape index (κ3) is 3.16. The van der Waals surface area contributed by atoms with Crippen LogP contribution in [0.4, 0.5) is 4.79 Å². The molecular formula is C12H15BrN4OS. The van der Waals surface area contributed by atoms with Crippen LogP contribution in [-0.2, 0) is 6.54 Å². The van der Waals surface area contributed by atoms with Crippen LogP contribution in [-0.4, -0.2) is 41.1 Å². The van der Waals surface area contributed by atoms with Gasteiger partial charge in [0.05, 0.1) is 11.0 Å². The van der Waals surface area contributed by atoms with Crippen molar-refractivity contribution in [3.8, 4) is 0 Å². The number of hydrogen-bond donors (Lipinski definition) is 2. The molecule has 2 rings (SSSR count). The van der Waals surface area contributed by atoms with E-state index in [2.05, 4.69) is 26.2 Å². The molecule has 1 heterocycles. The number of halogens is 1. The van der Waals surface area contributed by atoms with Crippen molar-refractivity contribution in [2.45, 2.75) is 6.54 Å². The van der Waals surface area contributed by atoms with Crippen LogP contribution in [0.2, 0.25) is 0 Å². The maximum Gasteiger partial charge on any atom is 0.316 e. The van der Waals surface area contributed by atoms with Gasteiger partial charge >= 0.3 is 6.03 Å². The number of H-pyrrole nitrogens is 1. The van der Waals surface area contributed by atoms with Gasteiger partial charge in [0, 0.05) is 31.7 Å². The van der Waals surface area contributed by atoms with Gasteiger partial charge in [0.15, 0.2) is 4.77 Å². The van der Waals surface area contributed by atoms with Crippen LogP contribution in [0, 0.1) is 4.77 Å². The second kappa shape index (κ2) is 5.75. The molecular weight excluding hydrogens is 328 g/mol. The molecule has 0 aliphatic rings. The average molecular weight is 343 g/mol. The van der Waals surface area contributed by atoms with Crippen molar-refractivity contribution >= 4 is 45.2 Å². The van der Waals surface area contributed by atoms with E-state index in [-0.39, 0.29) is 6.03 Å². The number of urea groups is 1. The number of aromatic nitrogens is 2. The molecule has 0 bridgehead atoms. The number of rotatable bonds is 3. The maximum atomic E-state index is 11.4. The number of fused-ring (bicyclic) bond motifs is 1. The highest BCUT2D eigenvalue weighted by atomic mass is 79.9. The number of nitrogens with zero attached hydrogens (tertiary/aromatic N) is 2. The van der Waals surface area contributed by atoms with Crippen molar-refractivity contribution in [2.24, 2.45) is 0 Å². The summed E-state index contributed by atoms with van der Waals surface area (Å²) < 4.78 is 3.64. The van der Waals surface area contributed by atoms with Crippen LogP contribution in [0.1, 0.15) is 0 Å². The van der Waals surface area contributed by atoms with Gasteiger partial charge in [-0.05, 0) is 30.4 Å². The summed E-state index contributed by atoms with van der Waals surface area (Å²) in [5.74, 6) is 0. The number of hydrogen-bond acceptors (Lipinski definition) is 2.